The molecular weight excluding hydrogens is 510 g/mol. The Morgan fingerprint density at radius 2 is 1.97 bits per heavy atom. The molecule has 35 heavy (non-hydrogen) atoms. The van der Waals surface area contributed by atoms with Crippen molar-refractivity contribution >= 4 is 33.2 Å². The maximum absolute atomic E-state index is 14.8. The van der Waals surface area contributed by atoms with Crippen molar-refractivity contribution in [1.29, 1.82) is 0 Å². The number of rotatable bonds is 4. The van der Waals surface area contributed by atoms with Gasteiger partial charge in [-0.05, 0) is 25.2 Å². The topological polar surface area (TPSA) is 95.5 Å². The third-order valence-electron chi connectivity index (χ3n) is 7.11. The summed E-state index contributed by atoms with van der Waals surface area (Å²) in [7, 11) is -1.85. The van der Waals surface area contributed by atoms with Gasteiger partial charge in [-0.1, -0.05) is 6.92 Å². The van der Waals surface area contributed by atoms with E-state index in [4.69, 9.17) is 0 Å². The van der Waals surface area contributed by atoms with Crippen LogP contribution < -0.4 is 5.32 Å². The summed E-state index contributed by atoms with van der Waals surface area (Å²) in [5.41, 5.74) is -2.83. The predicted molar refractivity (Wildman–Crippen MR) is 121 cm³/mol. The Morgan fingerprint density at radius 3 is 2.54 bits per heavy atom. The highest BCUT2D eigenvalue weighted by molar-refractivity contribution is 7.88. The molecule has 1 amide bonds. The number of anilines is 1. The summed E-state index contributed by atoms with van der Waals surface area (Å²) in [5.74, 6) is -1.94. The van der Waals surface area contributed by atoms with E-state index in [-0.39, 0.29) is 31.0 Å². The van der Waals surface area contributed by atoms with Crippen LogP contribution in [-0.2, 0) is 21.7 Å². The monoisotopic (exact) mass is 533 g/mol. The Balaban J connectivity index is 1.51. The maximum atomic E-state index is 14.8. The van der Waals surface area contributed by atoms with E-state index < -0.39 is 55.2 Å². The Labute approximate surface area is 203 Å². The summed E-state index contributed by atoms with van der Waals surface area (Å²) < 4.78 is 82.4. The molecule has 14 heteroatoms. The van der Waals surface area contributed by atoms with Gasteiger partial charge in [0.05, 0.1) is 34.0 Å². The Morgan fingerprint density at radius 1 is 1.29 bits per heavy atom. The first-order valence-electron chi connectivity index (χ1n) is 11.0. The van der Waals surface area contributed by atoms with Gasteiger partial charge in [0.25, 0.3) is 5.91 Å². The van der Waals surface area contributed by atoms with Crippen LogP contribution in [0.3, 0.4) is 0 Å². The normalized spacial score (nSPS) is 24.2. The van der Waals surface area contributed by atoms with Gasteiger partial charge in [0.1, 0.15) is 5.69 Å². The zero-order valence-electron chi connectivity index (χ0n) is 19.1. The van der Waals surface area contributed by atoms with Crippen molar-refractivity contribution in [3.63, 3.8) is 0 Å². The van der Waals surface area contributed by atoms with Crippen molar-refractivity contribution in [1.82, 2.24) is 19.2 Å². The third-order valence-corrected chi connectivity index (χ3v) is 9.77. The number of alkyl halides is 3. The summed E-state index contributed by atoms with van der Waals surface area (Å²) in [6, 6.07) is -0.258. The number of carbonyl (C=O) groups excluding carboxylic acids is 1. The molecule has 2 aromatic rings. The molecule has 2 aliphatic heterocycles. The van der Waals surface area contributed by atoms with Crippen LogP contribution in [0.1, 0.15) is 47.0 Å². The van der Waals surface area contributed by atoms with Crippen LogP contribution in [0.2, 0.25) is 0 Å². The molecule has 2 atom stereocenters. The van der Waals surface area contributed by atoms with Crippen molar-refractivity contribution in [2.45, 2.75) is 43.9 Å². The van der Waals surface area contributed by atoms with Gasteiger partial charge < -0.3 is 10.2 Å². The van der Waals surface area contributed by atoms with Gasteiger partial charge in [0, 0.05) is 31.1 Å². The zero-order chi connectivity index (χ0) is 25.5. The lowest BCUT2D eigenvalue weighted by atomic mass is 9.95. The number of hydrogen-bond acceptors (Lipinski definition) is 7. The molecule has 5 rings (SSSR count). The lowest BCUT2D eigenvalue weighted by Crippen LogP contribution is -2.47. The second-order valence-corrected chi connectivity index (χ2v) is 12.4. The number of piperidine rings is 1. The first-order valence-corrected chi connectivity index (χ1v) is 13.7. The molecule has 1 spiro atoms. The summed E-state index contributed by atoms with van der Waals surface area (Å²) in [4.78, 5) is 22.0. The molecule has 0 radical (unpaired) electrons. The average Bonchev–Trinajstić information content (AvgIpc) is 3.42. The number of halogens is 4. The number of amides is 1. The number of hydrogen-bond donors (Lipinski definition) is 1. The van der Waals surface area contributed by atoms with Gasteiger partial charge in [0.15, 0.2) is 5.82 Å². The van der Waals surface area contributed by atoms with Crippen LogP contribution in [0.15, 0.2) is 6.20 Å². The highest BCUT2D eigenvalue weighted by Crippen LogP contribution is 2.62. The van der Waals surface area contributed by atoms with E-state index in [1.54, 1.807) is 0 Å². The molecule has 4 heterocycles. The fraction of sp³-hybridized carbons (Fsp3) is 0.571. The summed E-state index contributed by atoms with van der Waals surface area (Å²) >= 11 is 0.764. The summed E-state index contributed by atoms with van der Waals surface area (Å²) in [6.07, 6.45) is -1.39. The molecule has 0 bridgehead atoms. The van der Waals surface area contributed by atoms with Gasteiger partial charge in [-0.3, -0.25) is 4.79 Å². The van der Waals surface area contributed by atoms with E-state index in [0.29, 0.717) is 24.1 Å². The van der Waals surface area contributed by atoms with Crippen LogP contribution in [0.4, 0.5) is 23.5 Å². The number of aromatic nitrogens is 2. The summed E-state index contributed by atoms with van der Waals surface area (Å²) in [5, 5.41) is 3.03. The van der Waals surface area contributed by atoms with Crippen LogP contribution in [0, 0.1) is 11.7 Å². The first kappa shape index (κ1) is 24.4. The Kier molecular flexibility index (Phi) is 5.46. The Bertz CT molecular complexity index is 1320. The fourth-order valence-corrected chi connectivity index (χ4v) is 7.51. The Hall–Kier alpha value is -2.32. The SMILES string of the molecule is C[C@@H]1CN(S(C)(=O)=O)CC[C@@H]1Nc1ncc(F)c(-c2sc3c(c2C(F)(F)F)C(=O)N(C)C32CC2)n1. The average molecular weight is 534 g/mol. The van der Waals surface area contributed by atoms with E-state index in [9.17, 15) is 30.8 Å². The van der Waals surface area contributed by atoms with E-state index >= 15 is 0 Å². The number of sulfonamides is 1. The van der Waals surface area contributed by atoms with Crippen molar-refractivity contribution in [3.8, 4) is 10.6 Å². The largest absolute Gasteiger partial charge is 0.418 e. The number of thiophene rings is 1. The first-order chi connectivity index (χ1) is 16.2. The molecule has 1 aliphatic carbocycles. The van der Waals surface area contributed by atoms with Crippen LogP contribution in [0.25, 0.3) is 10.6 Å². The minimum atomic E-state index is -4.88. The minimum Gasteiger partial charge on any atom is -0.351 e. The minimum absolute atomic E-state index is 0.0580. The molecule has 0 unspecified atom stereocenters. The van der Waals surface area contributed by atoms with Gasteiger partial charge in [0.2, 0.25) is 16.0 Å². The highest BCUT2D eigenvalue weighted by Gasteiger charge is 2.61. The molecule has 1 N–H and O–H groups in total. The molecule has 2 aromatic heterocycles. The molecule has 0 aromatic carbocycles. The van der Waals surface area contributed by atoms with Crippen LogP contribution in [0.5, 0.6) is 0 Å². The van der Waals surface area contributed by atoms with E-state index in [1.807, 2.05) is 6.92 Å². The lowest BCUT2D eigenvalue weighted by molar-refractivity contribution is -0.137. The van der Waals surface area contributed by atoms with E-state index in [1.165, 1.54) is 16.3 Å². The van der Waals surface area contributed by atoms with E-state index in [0.717, 1.165) is 23.8 Å². The van der Waals surface area contributed by atoms with Crippen molar-refractivity contribution in [3.05, 3.63) is 28.0 Å². The van der Waals surface area contributed by atoms with E-state index in [2.05, 4.69) is 15.3 Å². The molecule has 1 saturated carbocycles. The molecule has 1 saturated heterocycles. The van der Waals surface area contributed by atoms with Gasteiger partial charge in [-0.15, -0.1) is 11.3 Å². The standard InChI is InChI=1S/C21H23F4N5O3S2/c1-10-9-30(35(3,32)33)7-4-12(10)27-19-26-8-11(22)15(28-19)16-14(21(23,24)25)13-17(34-16)20(5-6-20)29(2)18(13)31/h8,10,12H,4-7,9H2,1-3H3,(H,26,27,28)/t10-,12+/m1/s1. The van der Waals surface area contributed by atoms with Crippen LogP contribution >= 0.6 is 11.3 Å². The maximum Gasteiger partial charge on any atom is 0.418 e. The number of fused-ring (bicyclic) bond motifs is 2. The molecule has 3 aliphatic rings. The van der Waals surface area contributed by atoms with Crippen molar-refractivity contribution in [2.75, 3.05) is 31.7 Å². The zero-order valence-corrected chi connectivity index (χ0v) is 20.7. The lowest BCUT2D eigenvalue weighted by Gasteiger charge is -2.35. The summed E-state index contributed by atoms with van der Waals surface area (Å²) in [6.45, 7) is 2.36. The molecule has 190 valence electrons. The number of nitrogens with zero attached hydrogens (tertiary/aromatic N) is 4. The highest BCUT2D eigenvalue weighted by atomic mass is 32.2. The van der Waals surface area contributed by atoms with Crippen molar-refractivity contribution in [2.24, 2.45) is 5.92 Å². The van der Waals surface area contributed by atoms with Gasteiger partial charge in [-0.2, -0.15) is 13.2 Å². The molecule has 8 nitrogen and oxygen atoms in total. The van der Waals surface area contributed by atoms with Crippen LogP contribution in [-0.4, -0.2) is 65.9 Å². The molecular formula is C21H23F4N5O3S2. The predicted octanol–water partition coefficient (Wildman–Crippen LogP) is 3.52. The quantitative estimate of drug-likeness (QED) is 0.605. The second-order valence-electron chi connectivity index (χ2n) is 9.43. The second kappa shape index (κ2) is 7.84. The number of carbonyl (C=O) groups is 1. The van der Waals surface area contributed by atoms with Gasteiger partial charge in [-0.25, -0.2) is 27.1 Å². The third kappa shape index (κ3) is 3.89. The van der Waals surface area contributed by atoms with Crippen molar-refractivity contribution < 1.29 is 30.8 Å². The smallest absolute Gasteiger partial charge is 0.351 e. The number of nitrogens with one attached hydrogen (secondary N) is 1. The fourth-order valence-electron chi connectivity index (χ4n) is 4.98. The van der Waals surface area contributed by atoms with Gasteiger partial charge >= 0.3 is 6.18 Å². The molecule has 2 fully saturated rings.